The molecule has 0 aromatic carbocycles. The van der Waals surface area contributed by atoms with E-state index in [2.05, 4.69) is 0 Å². The fourth-order valence-corrected chi connectivity index (χ4v) is 8.75. The summed E-state index contributed by atoms with van der Waals surface area (Å²) in [6.07, 6.45) is -53.8. The van der Waals surface area contributed by atoms with E-state index in [9.17, 15) is 91.9 Å². The Labute approximate surface area is 391 Å². The summed E-state index contributed by atoms with van der Waals surface area (Å²) in [6, 6.07) is 0. The first kappa shape index (κ1) is 57.0. The molecule has 0 spiro atoms. The molecule has 13 unspecified atom stereocenters. The Bertz CT molecular complexity index is 1540. The van der Waals surface area contributed by atoms with Gasteiger partial charge in [-0.3, -0.25) is 0 Å². The molecule has 0 bridgehead atoms. The molecule has 6 aliphatic heterocycles. The van der Waals surface area contributed by atoms with E-state index in [0.29, 0.717) is 0 Å². The fraction of sp³-hybridized carbons (Fsp3) is 1.00. The Morgan fingerprint density at radius 2 is 0.551 bits per heavy atom. The number of hydrogen-bond acceptors (Lipinski definition) is 31. The largest absolute Gasteiger partial charge is 0.394 e. The summed E-state index contributed by atoms with van der Waals surface area (Å²) in [7, 11) is 2.44. The lowest BCUT2D eigenvalue weighted by Crippen LogP contribution is -2.67. The number of aliphatic hydroxyl groups is 18. The number of rotatable bonds is 18. The quantitative estimate of drug-likeness (QED) is 0.0606. The van der Waals surface area contributed by atoms with Crippen LogP contribution in [-0.2, 0) is 61.6 Å². The van der Waals surface area contributed by atoms with Crippen LogP contribution in [0, 0.1) is 0 Å². The van der Waals surface area contributed by atoms with Crippen molar-refractivity contribution in [1.29, 1.82) is 0 Å². The van der Waals surface area contributed by atoms with Gasteiger partial charge in [-0.2, -0.15) is 0 Å². The summed E-state index contributed by atoms with van der Waals surface area (Å²) in [6.45, 7) is -4.69. The van der Waals surface area contributed by atoms with Gasteiger partial charge >= 0.3 is 0 Å². The molecule has 6 saturated heterocycles. The number of ether oxygens (including phenoxy) is 13. The highest BCUT2D eigenvalue weighted by Crippen LogP contribution is 2.35. The second-order valence-electron chi connectivity index (χ2n) is 17.3. The third-order valence-corrected chi connectivity index (χ3v) is 12.8. The molecule has 18 N–H and O–H groups in total. The Kier molecular flexibility index (Phi) is 20.6. The first-order valence-corrected chi connectivity index (χ1v) is 21.9. The zero-order chi connectivity index (χ0) is 50.8. The molecule has 31 heteroatoms. The normalized spacial score (nSPS) is 52.2. The second-order valence-corrected chi connectivity index (χ2v) is 17.3. The predicted molar refractivity (Wildman–Crippen MR) is 209 cm³/mol. The van der Waals surface area contributed by atoms with E-state index in [1.165, 1.54) is 14.2 Å². The summed E-state index contributed by atoms with van der Waals surface area (Å²) in [5, 5.41) is 191. The predicted octanol–water partition coefficient (Wildman–Crippen LogP) is -12.8. The van der Waals surface area contributed by atoms with Crippen molar-refractivity contribution in [3.63, 3.8) is 0 Å². The van der Waals surface area contributed by atoms with Crippen molar-refractivity contribution in [2.24, 2.45) is 0 Å². The van der Waals surface area contributed by atoms with Gasteiger partial charge < -0.3 is 153 Å². The average molecular weight is 1020 g/mol. The van der Waals surface area contributed by atoms with E-state index in [0.717, 1.165) is 0 Å². The molecule has 6 rings (SSSR count). The van der Waals surface area contributed by atoms with Crippen molar-refractivity contribution in [1.82, 2.24) is 0 Å². The van der Waals surface area contributed by atoms with Gasteiger partial charge in [-0.15, -0.1) is 0 Å². The Morgan fingerprint density at radius 1 is 0.290 bits per heavy atom. The van der Waals surface area contributed by atoms with Gasteiger partial charge in [0.2, 0.25) is 0 Å². The lowest BCUT2D eigenvalue weighted by Gasteiger charge is -2.48. The van der Waals surface area contributed by atoms with Gasteiger partial charge in [0.1, 0.15) is 146 Å². The van der Waals surface area contributed by atoms with Gasteiger partial charge in [0, 0.05) is 14.2 Å². The molecular weight excluding hydrogens is 952 g/mol. The van der Waals surface area contributed by atoms with Crippen molar-refractivity contribution in [2.45, 2.75) is 184 Å². The van der Waals surface area contributed by atoms with E-state index >= 15 is 0 Å². The zero-order valence-electron chi connectivity index (χ0n) is 36.9. The molecule has 0 aliphatic carbocycles. The summed E-state index contributed by atoms with van der Waals surface area (Å²) >= 11 is 0. The summed E-state index contributed by atoms with van der Waals surface area (Å²) < 4.78 is 71.3. The second kappa shape index (κ2) is 24.9. The molecule has 6 aliphatic rings. The highest BCUT2D eigenvalue weighted by molar-refractivity contribution is 4.99. The van der Waals surface area contributed by atoms with Gasteiger partial charge in [-0.1, -0.05) is 0 Å². The third-order valence-electron chi connectivity index (χ3n) is 12.8. The van der Waals surface area contributed by atoms with E-state index in [1.54, 1.807) is 0 Å². The highest BCUT2D eigenvalue weighted by atomic mass is 16.8. The van der Waals surface area contributed by atoms with Crippen LogP contribution in [0.5, 0.6) is 0 Å². The number of hydrogen-bond donors (Lipinski definition) is 18. The maximum atomic E-state index is 11.2. The van der Waals surface area contributed by atoms with E-state index < -0.39 is 217 Å². The Balaban J connectivity index is 1.05. The molecule has 0 saturated carbocycles. The minimum Gasteiger partial charge on any atom is -0.394 e. The SMILES string of the molecule is COCC1O[C@H](O[C@@H]2C(CO)O[C@H](O[C@@H]3C(CO)O[C@H](OCC4O[C@H](O[C@@H]5C(CO)O[C@H](O[C@@H]6C(CO)OC(OC)C(O)[C@H]6O)C(O)[C@H]5O)C(O)[C@@H](O)[C@@H]4O)C(O)[C@H]3O)C(O)[C@H]2O)C(O)[C@@H](O)[C@@H]1O. The maximum absolute atomic E-state index is 11.2. The van der Waals surface area contributed by atoms with Crippen LogP contribution in [0.25, 0.3) is 0 Å². The van der Waals surface area contributed by atoms with Gasteiger partial charge in [0.25, 0.3) is 0 Å². The molecule has 6 heterocycles. The van der Waals surface area contributed by atoms with Crippen LogP contribution in [0.1, 0.15) is 0 Å². The van der Waals surface area contributed by atoms with E-state index in [1.807, 2.05) is 0 Å². The topological polar surface area (TPSA) is 484 Å². The van der Waals surface area contributed by atoms with Gasteiger partial charge in [0.15, 0.2) is 37.7 Å². The number of methoxy groups -OCH3 is 2. The average Bonchev–Trinajstić information content (AvgIpc) is 3.34. The molecule has 0 amide bonds. The minimum absolute atomic E-state index is 0.253. The van der Waals surface area contributed by atoms with Gasteiger partial charge in [-0.25, -0.2) is 0 Å². The van der Waals surface area contributed by atoms with E-state index in [4.69, 9.17) is 61.6 Å². The molecule has 404 valence electrons. The lowest BCUT2D eigenvalue weighted by atomic mass is 9.96. The third kappa shape index (κ3) is 12.0. The van der Waals surface area contributed by atoms with Crippen molar-refractivity contribution in [2.75, 3.05) is 53.9 Å². The molecule has 0 aromatic heterocycles. The van der Waals surface area contributed by atoms with Crippen LogP contribution in [0.2, 0.25) is 0 Å². The first-order chi connectivity index (χ1) is 32.8. The van der Waals surface area contributed by atoms with Gasteiger partial charge in [-0.05, 0) is 0 Å². The Hall–Kier alpha value is -1.24. The van der Waals surface area contributed by atoms with Crippen molar-refractivity contribution >= 4 is 0 Å². The summed E-state index contributed by atoms with van der Waals surface area (Å²) in [4.78, 5) is 0. The van der Waals surface area contributed by atoms with Crippen molar-refractivity contribution in [3.05, 3.63) is 0 Å². The molecule has 0 radical (unpaired) electrons. The smallest absolute Gasteiger partial charge is 0.187 e. The summed E-state index contributed by atoms with van der Waals surface area (Å²) in [5.74, 6) is 0. The van der Waals surface area contributed by atoms with Crippen LogP contribution in [0.4, 0.5) is 0 Å². The Morgan fingerprint density at radius 3 is 0.870 bits per heavy atom. The van der Waals surface area contributed by atoms with Crippen molar-refractivity contribution < 1.29 is 153 Å². The van der Waals surface area contributed by atoms with Crippen LogP contribution >= 0.6 is 0 Å². The van der Waals surface area contributed by atoms with Crippen LogP contribution in [0.15, 0.2) is 0 Å². The van der Waals surface area contributed by atoms with Crippen LogP contribution < -0.4 is 0 Å². The molecular formula is C38H66O31. The zero-order valence-corrected chi connectivity index (χ0v) is 36.9. The van der Waals surface area contributed by atoms with Gasteiger partial charge in [0.05, 0.1) is 39.6 Å². The molecule has 0 aromatic rings. The van der Waals surface area contributed by atoms with E-state index in [-0.39, 0.29) is 6.61 Å². The molecule has 31 nitrogen and oxygen atoms in total. The minimum atomic E-state index is -2.08. The lowest BCUT2D eigenvalue weighted by molar-refractivity contribution is -0.385. The summed E-state index contributed by atoms with van der Waals surface area (Å²) in [5.41, 5.74) is 0. The molecule has 30 atom stereocenters. The first-order valence-electron chi connectivity index (χ1n) is 21.9. The van der Waals surface area contributed by atoms with Crippen molar-refractivity contribution in [3.8, 4) is 0 Å². The molecule has 69 heavy (non-hydrogen) atoms. The highest BCUT2D eigenvalue weighted by Gasteiger charge is 2.56. The maximum Gasteiger partial charge on any atom is 0.187 e. The monoisotopic (exact) mass is 1020 g/mol. The molecule has 6 fully saturated rings. The number of aliphatic hydroxyl groups excluding tert-OH is 18. The van der Waals surface area contributed by atoms with Crippen LogP contribution in [-0.4, -0.2) is 330 Å². The standard InChI is InChI=1S/C38H66O31/c1-57-7-13-15(43)17(45)23(51)35(64-13)66-31-11(5-41)63-38(28(56)21(31)49)69-30-10(4-40)61-34(26(54)20(30)48)59-8-14-16(44)18(46)24(52)36(65-14)67-32-12(6-42)62-37(27(55)22(32)50)68-29-9(3-39)60-33(58-2)25(53)19(29)47/h9-56H,3-8H2,1-2H3/t9?,10?,11?,12?,13?,14?,15-,16-,17+,18+,19-,20-,21-,22-,23?,24?,25?,26?,27?,28?,29-,30-,31-,32-,33?,34+,35-,36-,37-,38-/m1/s1. The van der Waals surface area contributed by atoms with Crippen LogP contribution in [0.3, 0.4) is 0 Å². The fourth-order valence-electron chi connectivity index (χ4n) is 8.75.